The first-order valence-corrected chi connectivity index (χ1v) is 4.83. The van der Waals surface area contributed by atoms with Gasteiger partial charge in [-0.3, -0.25) is 4.98 Å². The Bertz CT molecular complexity index is 314. The molecule has 14 heavy (non-hydrogen) atoms. The smallest absolute Gasteiger partial charge is 0.160 e. The molecule has 0 aromatic carbocycles. The Morgan fingerprint density at radius 2 is 2.43 bits per heavy atom. The van der Waals surface area contributed by atoms with Crippen LogP contribution in [0, 0.1) is 5.92 Å². The van der Waals surface area contributed by atoms with Crippen LogP contribution in [0.4, 0.5) is 11.6 Å². The van der Waals surface area contributed by atoms with E-state index in [9.17, 15) is 0 Å². The zero-order valence-corrected chi connectivity index (χ0v) is 8.27. The van der Waals surface area contributed by atoms with Gasteiger partial charge in [0.15, 0.2) is 5.82 Å². The maximum atomic E-state index is 5.27. The maximum absolute atomic E-state index is 5.27. The molecule has 2 rings (SSSR count). The van der Waals surface area contributed by atoms with Gasteiger partial charge in [-0.15, -0.1) is 0 Å². The van der Waals surface area contributed by atoms with E-state index >= 15 is 0 Å². The second-order valence-electron chi connectivity index (χ2n) is 3.75. The summed E-state index contributed by atoms with van der Waals surface area (Å²) in [5, 5.41) is 0. The van der Waals surface area contributed by atoms with E-state index in [1.807, 2.05) is 0 Å². The van der Waals surface area contributed by atoms with Gasteiger partial charge >= 0.3 is 0 Å². The van der Waals surface area contributed by atoms with Gasteiger partial charge in [0.25, 0.3) is 0 Å². The highest BCUT2D eigenvalue weighted by molar-refractivity contribution is 5.43. The third kappa shape index (κ3) is 1.77. The normalized spacial score (nSPS) is 21.3. The van der Waals surface area contributed by atoms with Gasteiger partial charge in [0.1, 0.15) is 5.82 Å². The Balaban J connectivity index is 2.15. The molecule has 0 spiro atoms. The predicted molar refractivity (Wildman–Crippen MR) is 55.8 cm³/mol. The third-order valence-corrected chi connectivity index (χ3v) is 2.52. The Hall–Kier alpha value is -1.36. The molecule has 1 aromatic heterocycles. The molecule has 1 atom stereocenters. The van der Waals surface area contributed by atoms with Crippen molar-refractivity contribution in [3.8, 4) is 0 Å². The van der Waals surface area contributed by atoms with Crippen LogP contribution < -0.4 is 16.2 Å². The lowest BCUT2D eigenvalue weighted by atomic mass is 10.2. The molecule has 1 fully saturated rings. The van der Waals surface area contributed by atoms with Crippen molar-refractivity contribution in [3.05, 3.63) is 12.4 Å². The number of nitrogens with one attached hydrogen (secondary N) is 1. The first-order chi connectivity index (χ1) is 6.79. The number of nitrogens with zero attached hydrogens (tertiary/aromatic N) is 3. The van der Waals surface area contributed by atoms with Gasteiger partial charge in [0.2, 0.25) is 0 Å². The molecule has 1 saturated heterocycles. The molecule has 0 aliphatic carbocycles. The van der Waals surface area contributed by atoms with Crippen LogP contribution >= 0.6 is 0 Å². The second-order valence-corrected chi connectivity index (χ2v) is 3.75. The molecule has 0 bridgehead atoms. The van der Waals surface area contributed by atoms with Crippen molar-refractivity contribution in [3.63, 3.8) is 0 Å². The van der Waals surface area contributed by atoms with Gasteiger partial charge < -0.3 is 10.3 Å². The summed E-state index contributed by atoms with van der Waals surface area (Å²) in [4.78, 5) is 10.6. The molecular formula is C9H15N5. The predicted octanol–water partition coefficient (Wildman–Crippen LogP) is 0.608. The number of hydrogen-bond donors (Lipinski definition) is 2. The van der Waals surface area contributed by atoms with Crippen molar-refractivity contribution in [2.75, 3.05) is 23.4 Å². The summed E-state index contributed by atoms with van der Waals surface area (Å²) in [6.07, 6.45) is 4.61. The molecule has 5 nitrogen and oxygen atoms in total. The van der Waals surface area contributed by atoms with Gasteiger partial charge in [-0.05, 0) is 12.3 Å². The fraction of sp³-hybridized carbons (Fsp3) is 0.556. The minimum atomic E-state index is 0.613. The highest BCUT2D eigenvalue weighted by Crippen LogP contribution is 2.21. The Morgan fingerprint density at radius 1 is 1.57 bits per heavy atom. The average molecular weight is 193 g/mol. The quantitative estimate of drug-likeness (QED) is 0.532. The van der Waals surface area contributed by atoms with Crippen LogP contribution in [0.2, 0.25) is 0 Å². The summed E-state index contributed by atoms with van der Waals surface area (Å²) < 4.78 is 0. The van der Waals surface area contributed by atoms with E-state index < -0.39 is 0 Å². The molecule has 1 unspecified atom stereocenters. The van der Waals surface area contributed by atoms with Gasteiger partial charge in [0, 0.05) is 13.1 Å². The first-order valence-electron chi connectivity index (χ1n) is 4.83. The summed E-state index contributed by atoms with van der Waals surface area (Å²) in [7, 11) is 0. The lowest BCUT2D eigenvalue weighted by Gasteiger charge is -2.16. The van der Waals surface area contributed by atoms with E-state index in [2.05, 4.69) is 27.2 Å². The Labute approximate surface area is 83.3 Å². The molecule has 0 amide bonds. The van der Waals surface area contributed by atoms with E-state index in [0.717, 1.165) is 24.8 Å². The van der Waals surface area contributed by atoms with Crippen LogP contribution in [-0.2, 0) is 0 Å². The average Bonchev–Trinajstić information content (AvgIpc) is 2.65. The first kappa shape index (κ1) is 9.21. The van der Waals surface area contributed by atoms with Gasteiger partial charge in [-0.25, -0.2) is 10.8 Å². The summed E-state index contributed by atoms with van der Waals surface area (Å²) in [5.74, 6) is 7.54. The number of hydrogen-bond acceptors (Lipinski definition) is 5. The third-order valence-electron chi connectivity index (χ3n) is 2.52. The van der Waals surface area contributed by atoms with Crippen molar-refractivity contribution in [2.24, 2.45) is 11.8 Å². The summed E-state index contributed by atoms with van der Waals surface area (Å²) in [5.41, 5.74) is 2.50. The zero-order chi connectivity index (χ0) is 9.97. The highest BCUT2D eigenvalue weighted by atomic mass is 15.3. The van der Waals surface area contributed by atoms with Crippen molar-refractivity contribution < 1.29 is 0 Å². The van der Waals surface area contributed by atoms with Crippen LogP contribution in [0.5, 0.6) is 0 Å². The fourth-order valence-electron chi connectivity index (χ4n) is 1.72. The highest BCUT2D eigenvalue weighted by Gasteiger charge is 2.19. The molecule has 0 radical (unpaired) electrons. The van der Waals surface area contributed by atoms with Crippen LogP contribution in [0.3, 0.4) is 0 Å². The van der Waals surface area contributed by atoms with Gasteiger partial charge in [-0.2, -0.15) is 0 Å². The number of anilines is 2. The van der Waals surface area contributed by atoms with E-state index in [1.165, 1.54) is 6.42 Å². The van der Waals surface area contributed by atoms with Crippen LogP contribution in [0.15, 0.2) is 12.4 Å². The molecule has 1 aromatic rings. The van der Waals surface area contributed by atoms with E-state index in [4.69, 9.17) is 5.84 Å². The maximum Gasteiger partial charge on any atom is 0.160 e. The zero-order valence-electron chi connectivity index (χ0n) is 8.27. The summed E-state index contributed by atoms with van der Waals surface area (Å²) in [6.45, 7) is 4.37. The van der Waals surface area contributed by atoms with Crippen LogP contribution in [0.25, 0.3) is 0 Å². The van der Waals surface area contributed by atoms with Crippen LogP contribution in [-0.4, -0.2) is 23.1 Å². The van der Waals surface area contributed by atoms with Gasteiger partial charge in [-0.1, -0.05) is 6.92 Å². The van der Waals surface area contributed by atoms with E-state index in [1.54, 1.807) is 12.4 Å². The van der Waals surface area contributed by atoms with Crippen molar-refractivity contribution in [1.29, 1.82) is 0 Å². The SMILES string of the molecule is CC1CCN(c2cncc(NN)n2)C1. The molecule has 0 saturated carbocycles. The lowest BCUT2D eigenvalue weighted by Crippen LogP contribution is -2.21. The molecule has 2 heterocycles. The Morgan fingerprint density at radius 3 is 3.07 bits per heavy atom. The molecule has 76 valence electrons. The Kier molecular flexibility index (Phi) is 2.49. The number of aromatic nitrogens is 2. The molecular weight excluding hydrogens is 178 g/mol. The molecule has 1 aliphatic rings. The molecule has 3 N–H and O–H groups in total. The largest absolute Gasteiger partial charge is 0.355 e. The topological polar surface area (TPSA) is 67.1 Å². The number of nitrogen functional groups attached to an aromatic ring is 1. The fourth-order valence-corrected chi connectivity index (χ4v) is 1.72. The number of rotatable bonds is 2. The molecule has 1 aliphatic heterocycles. The summed E-state index contributed by atoms with van der Waals surface area (Å²) in [6, 6.07) is 0. The van der Waals surface area contributed by atoms with E-state index in [-0.39, 0.29) is 0 Å². The molecule has 5 heteroatoms. The van der Waals surface area contributed by atoms with Crippen LogP contribution in [0.1, 0.15) is 13.3 Å². The van der Waals surface area contributed by atoms with Crippen molar-refractivity contribution in [1.82, 2.24) is 9.97 Å². The summed E-state index contributed by atoms with van der Waals surface area (Å²) >= 11 is 0. The monoisotopic (exact) mass is 193 g/mol. The standard InChI is InChI=1S/C9H15N5/c1-7-2-3-14(6-7)9-5-11-4-8(12-9)13-10/h4-5,7H,2-3,6,10H2,1H3,(H,12,13). The van der Waals surface area contributed by atoms with Crippen molar-refractivity contribution in [2.45, 2.75) is 13.3 Å². The van der Waals surface area contributed by atoms with Crippen molar-refractivity contribution >= 4 is 11.6 Å². The van der Waals surface area contributed by atoms with Gasteiger partial charge in [0.05, 0.1) is 12.4 Å². The minimum absolute atomic E-state index is 0.613. The lowest BCUT2D eigenvalue weighted by molar-refractivity contribution is 0.659. The minimum Gasteiger partial charge on any atom is -0.355 e. The number of nitrogens with two attached hydrogens (primary N) is 1. The number of hydrazine groups is 1. The second kappa shape index (κ2) is 3.79. The van der Waals surface area contributed by atoms with E-state index in [0.29, 0.717) is 5.82 Å².